The second kappa shape index (κ2) is 6.34. The minimum absolute atomic E-state index is 0.0178. The third-order valence-electron chi connectivity index (χ3n) is 3.65. The topological polar surface area (TPSA) is 87.5 Å². The molecule has 0 N–H and O–H groups in total. The van der Waals surface area contributed by atoms with Crippen LogP contribution in [0.25, 0.3) is 0 Å². The quantitative estimate of drug-likeness (QED) is 0.635. The predicted molar refractivity (Wildman–Crippen MR) is 83.2 cm³/mol. The molecule has 24 heavy (non-hydrogen) atoms. The summed E-state index contributed by atoms with van der Waals surface area (Å²) in [5.74, 6) is -1.39. The van der Waals surface area contributed by atoms with Crippen LogP contribution in [0.3, 0.4) is 0 Å². The summed E-state index contributed by atoms with van der Waals surface area (Å²) in [5.41, 5.74) is 1.31. The maximum atomic E-state index is 12.2. The molecule has 0 aliphatic carbocycles. The molecule has 6 heteroatoms. The van der Waals surface area contributed by atoms with Crippen LogP contribution in [0.15, 0.2) is 48.5 Å². The van der Waals surface area contributed by atoms with Gasteiger partial charge in [-0.3, -0.25) is 14.5 Å². The molecule has 0 saturated carbocycles. The van der Waals surface area contributed by atoms with Crippen molar-refractivity contribution in [1.82, 2.24) is 4.90 Å². The highest BCUT2D eigenvalue weighted by atomic mass is 16.5. The van der Waals surface area contributed by atoms with Crippen molar-refractivity contribution >= 4 is 17.8 Å². The maximum Gasteiger partial charge on any atom is 0.338 e. The summed E-state index contributed by atoms with van der Waals surface area (Å²) in [7, 11) is 0. The van der Waals surface area contributed by atoms with E-state index in [1.807, 2.05) is 6.07 Å². The Bertz CT molecular complexity index is 848. The Morgan fingerprint density at radius 2 is 1.71 bits per heavy atom. The fourth-order valence-electron chi connectivity index (χ4n) is 2.47. The number of hydrogen-bond donors (Lipinski definition) is 0. The van der Waals surface area contributed by atoms with Gasteiger partial charge in [-0.05, 0) is 30.3 Å². The Kier molecular flexibility index (Phi) is 4.08. The second-order valence-corrected chi connectivity index (χ2v) is 5.14. The molecule has 1 aliphatic heterocycles. The van der Waals surface area contributed by atoms with E-state index in [-0.39, 0.29) is 18.7 Å². The van der Waals surface area contributed by atoms with Crippen molar-refractivity contribution in [2.24, 2.45) is 0 Å². The highest BCUT2D eigenvalue weighted by molar-refractivity contribution is 6.21. The normalized spacial score (nSPS) is 12.7. The number of rotatable bonds is 4. The summed E-state index contributed by atoms with van der Waals surface area (Å²) in [6.07, 6.45) is 0. The summed E-state index contributed by atoms with van der Waals surface area (Å²) in [6.45, 7) is -0.128. The Balaban J connectivity index is 1.61. The largest absolute Gasteiger partial charge is 0.460 e. The molecule has 2 aromatic rings. The number of nitriles is 1. The number of amides is 2. The van der Waals surface area contributed by atoms with Gasteiger partial charge < -0.3 is 4.74 Å². The van der Waals surface area contributed by atoms with E-state index in [9.17, 15) is 14.4 Å². The number of fused-ring (bicyclic) bond motifs is 1. The Hall–Kier alpha value is -3.46. The van der Waals surface area contributed by atoms with Crippen LogP contribution in [0, 0.1) is 11.3 Å². The number of carbonyl (C=O) groups excluding carboxylic acids is 3. The van der Waals surface area contributed by atoms with Gasteiger partial charge in [-0.2, -0.15) is 5.26 Å². The highest BCUT2D eigenvalue weighted by Gasteiger charge is 2.34. The molecule has 3 rings (SSSR count). The number of hydrogen-bond acceptors (Lipinski definition) is 5. The van der Waals surface area contributed by atoms with Crippen LogP contribution in [0.2, 0.25) is 0 Å². The van der Waals surface area contributed by atoms with Crippen LogP contribution in [0.4, 0.5) is 0 Å². The Morgan fingerprint density at radius 1 is 1.04 bits per heavy atom. The van der Waals surface area contributed by atoms with E-state index in [1.54, 1.807) is 36.4 Å². The van der Waals surface area contributed by atoms with Crippen LogP contribution >= 0.6 is 0 Å². The van der Waals surface area contributed by atoms with Gasteiger partial charge in [0.2, 0.25) is 0 Å². The van der Waals surface area contributed by atoms with Gasteiger partial charge in [0.15, 0.2) is 0 Å². The zero-order valence-electron chi connectivity index (χ0n) is 12.6. The first-order valence-electron chi connectivity index (χ1n) is 7.24. The van der Waals surface area contributed by atoms with E-state index in [1.165, 1.54) is 12.1 Å². The first-order valence-corrected chi connectivity index (χ1v) is 7.24. The second-order valence-electron chi connectivity index (χ2n) is 5.14. The molecule has 2 amide bonds. The minimum atomic E-state index is -0.608. The van der Waals surface area contributed by atoms with Gasteiger partial charge in [0.25, 0.3) is 11.8 Å². The molecule has 1 heterocycles. The zero-order chi connectivity index (χ0) is 17.1. The molecule has 0 spiro atoms. The van der Waals surface area contributed by atoms with Crippen molar-refractivity contribution in [1.29, 1.82) is 5.26 Å². The maximum absolute atomic E-state index is 12.2. The molecule has 0 aromatic heterocycles. The molecule has 0 atom stereocenters. The molecule has 6 nitrogen and oxygen atoms in total. The van der Waals surface area contributed by atoms with Crippen molar-refractivity contribution in [2.45, 2.75) is 0 Å². The van der Waals surface area contributed by atoms with Gasteiger partial charge in [0.1, 0.15) is 6.61 Å². The third kappa shape index (κ3) is 2.75. The van der Waals surface area contributed by atoms with Crippen molar-refractivity contribution in [3.05, 3.63) is 70.8 Å². The number of esters is 1. The van der Waals surface area contributed by atoms with Gasteiger partial charge in [-0.25, -0.2) is 4.79 Å². The molecular weight excluding hydrogens is 308 g/mol. The average Bonchev–Trinajstić information content (AvgIpc) is 2.87. The number of imide groups is 1. The van der Waals surface area contributed by atoms with Crippen molar-refractivity contribution in [2.75, 3.05) is 13.2 Å². The van der Waals surface area contributed by atoms with E-state index in [4.69, 9.17) is 10.00 Å². The van der Waals surface area contributed by atoms with Crippen LogP contribution < -0.4 is 0 Å². The fourth-order valence-corrected chi connectivity index (χ4v) is 2.47. The van der Waals surface area contributed by atoms with Crippen LogP contribution in [0.1, 0.15) is 36.6 Å². The fraction of sp³-hybridized carbons (Fsp3) is 0.111. The van der Waals surface area contributed by atoms with Crippen LogP contribution in [-0.4, -0.2) is 35.8 Å². The number of ether oxygens (including phenoxy) is 1. The molecule has 1 aliphatic rings. The van der Waals surface area contributed by atoms with E-state index in [0.717, 1.165) is 4.90 Å². The van der Waals surface area contributed by atoms with E-state index >= 15 is 0 Å². The lowest BCUT2D eigenvalue weighted by Gasteiger charge is -2.13. The monoisotopic (exact) mass is 320 g/mol. The van der Waals surface area contributed by atoms with Gasteiger partial charge in [-0.15, -0.1) is 0 Å². The number of benzene rings is 2. The highest BCUT2D eigenvalue weighted by Crippen LogP contribution is 2.21. The molecule has 0 radical (unpaired) electrons. The summed E-state index contributed by atoms with van der Waals surface area (Å²) < 4.78 is 5.09. The van der Waals surface area contributed by atoms with Crippen molar-refractivity contribution in [3.63, 3.8) is 0 Å². The Labute approximate surface area is 137 Å². The van der Waals surface area contributed by atoms with Gasteiger partial charge in [0.05, 0.1) is 34.9 Å². The average molecular weight is 320 g/mol. The lowest BCUT2D eigenvalue weighted by Crippen LogP contribution is -2.33. The first kappa shape index (κ1) is 15.4. The molecule has 0 bridgehead atoms. The SMILES string of the molecule is N#Cc1cccc(C(=O)OCCN2C(=O)c3ccccc3C2=O)c1. The smallest absolute Gasteiger partial charge is 0.338 e. The van der Waals surface area contributed by atoms with E-state index in [2.05, 4.69) is 0 Å². The molecule has 0 unspecified atom stereocenters. The van der Waals surface area contributed by atoms with Gasteiger partial charge in [-0.1, -0.05) is 18.2 Å². The van der Waals surface area contributed by atoms with Crippen molar-refractivity contribution < 1.29 is 19.1 Å². The van der Waals surface area contributed by atoms with Crippen molar-refractivity contribution in [3.8, 4) is 6.07 Å². The number of carbonyl (C=O) groups is 3. The number of nitrogens with zero attached hydrogens (tertiary/aromatic N) is 2. The molecular formula is C18H12N2O4. The molecule has 0 fully saturated rings. The summed E-state index contributed by atoms with van der Waals surface area (Å²) >= 11 is 0. The molecule has 0 saturated heterocycles. The van der Waals surface area contributed by atoms with Crippen LogP contribution in [0.5, 0.6) is 0 Å². The van der Waals surface area contributed by atoms with Crippen LogP contribution in [-0.2, 0) is 4.74 Å². The van der Waals surface area contributed by atoms with E-state index in [0.29, 0.717) is 16.7 Å². The standard InChI is InChI=1S/C18H12N2O4/c19-11-12-4-3-5-13(10-12)18(23)24-9-8-20-16(21)14-6-1-2-7-15(14)17(20)22/h1-7,10H,8-9H2. The summed E-state index contributed by atoms with van der Waals surface area (Å²) in [5, 5.41) is 8.82. The summed E-state index contributed by atoms with van der Waals surface area (Å²) in [4.78, 5) is 37.3. The minimum Gasteiger partial charge on any atom is -0.460 e. The lowest BCUT2D eigenvalue weighted by molar-refractivity contribution is 0.0420. The van der Waals surface area contributed by atoms with Gasteiger partial charge >= 0.3 is 5.97 Å². The van der Waals surface area contributed by atoms with E-state index < -0.39 is 17.8 Å². The first-order chi connectivity index (χ1) is 11.6. The lowest BCUT2D eigenvalue weighted by atomic mass is 10.1. The summed E-state index contributed by atoms with van der Waals surface area (Å²) in [6, 6.07) is 14.6. The Morgan fingerprint density at radius 3 is 2.33 bits per heavy atom. The molecule has 118 valence electrons. The molecule has 2 aromatic carbocycles. The third-order valence-corrected chi connectivity index (χ3v) is 3.65. The predicted octanol–water partition coefficient (Wildman–Crippen LogP) is 2.01. The zero-order valence-corrected chi connectivity index (χ0v) is 12.6. The van der Waals surface area contributed by atoms with Gasteiger partial charge in [0, 0.05) is 0 Å².